The Morgan fingerprint density at radius 1 is 1.00 bits per heavy atom. The van der Waals surface area contributed by atoms with Crippen LogP contribution in [0.4, 0.5) is 4.39 Å². The van der Waals surface area contributed by atoms with E-state index in [9.17, 15) is 14.0 Å². The van der Waals surface area contributed by atoms with Gasteiger partial charge in [0.1, 0.15) is 0 Å². The highest BCUT2D eigenvalue weighted by molar-refractivity contribution is 5.98. The van der Waals surface area contributed by atoms with Crippen molar-refractivity contribution in [1.29, 1.82) is 0 Å². The van der Waals surface area contributed by atoms with Crippen LogP contribution >= 0.6 is 0 Å². The second-order valence-electron chi connectivity index (χ2n) is 5.47. The van der Waals surface area contributed by atoms with E-state index in [2.05, 4.69) is 10.9 Å². The second-order valence-corrected chi connectivity index (χ2v) is 5.47. The largest absolute Gasteiger partial charge is 0.494 e. The zero-order chi connectivity index (χ0) is 20.5. The first-order chi connectivity index (χ1) is 13.5. The monoisotopic (exact) mass is 388 g/mol. The van der Waals surface area contributed by atoms with Gasteiger partial charge in [0.25, 0.3) is 11.8 Å². The topological polar surface area (TPSA) is 85.9 Å². The number of halogens is 1. The highest BCUT2D eigenvalue weighted by atomic mass is 19.1. The summed E-state index contributed by atoms with van der Waals surface area (Å²) in [6.07, 6.45) is 2.57. The van der Waals surface area contributed by atoms with E-state index >= 15 is 0 Å². The Kier molecular flexibility index (Phi) is 7.38. The highest BCUT2D eigenvalue weighted by Gasteiger charge is 2.11. The lowest BCUT2D eigenvalue weighted by Crippen LogP contribution is -2.40. The van der Waals surface area contributed by atoms with Crippen molar-refractivity contribution in [2.45, 2.75) is 6.92 Å². The Hall–Kier alpha value is -3.55. The lowest BCUT2D eigenvalue weighted by molar-refractivity contribution is -0.117. The molecule has 0 aliphatic rings. The van der Waals surface area contributed by atoms with Crippen LogP contribution in [0.1, 0.15) is 22.8 Å². The third kappa shape index (κ3) is 5.47. The van der Waals surface area contributed by atoms with E-state index in [1.165, 1.54) is 44.6 Å². The predicted molar refractivity (Wildman–Crippen MR) is 102 cm³/mol. The number of rotatable bonds is 7. The van der Waals surface area contributed by atoms with Crippen molar-refractivity contribution < 1.29 is 28.2 Å². The van der Waals surface area contributed by atoms with Gasteiger partial charge >= 0.3 is 0 Å². The maximum Gasteiger partial charge on any atom is 0.269 e. The molecule has 148 valence electrons. The molecule has 0 radical (unpaired) electrons. The normalized spacial score (nSPS) is 10.4. The van der Waals surface area contributed by atoms with Crippen LogP contribution in [0.25, 0.3) is 6.08 Å². The van der Waals surface area contributed by atoms with Gasteiger partial charge in [-0.05, 0) is 48.9 Å². The zero-order valence-electron chi connectivity index (χ0n) is 15.7. The Balaban J connectivity index is 1.95. The van der Waals surface area contributed by atoms with Crippen molar-refractivity contribution in [3.8, 4) is 17.2 Å². The number of hydrogen-bond donors (Lipinski definition) is 2. The molecule has 0 saturated heterocycles. The molecule has 2 rings (SSSR count). The summed E-state index contributed by atoms with van der Waals surface area (Å²) >= 11 is 0. The first-order valence-corrected chi connectivity index (χ1v) is 8.41. The Bertz CT molecular complexity index is 883. The Labute approximate surface area is 162 Å². The van der Waals surface area contributed by atoms with Crippen molar-refractivity contribution in [1.82, 2.24) is 10.9 Å². The SMILES string of the molecule is CCOc1ccc(C(=O)NNC(=O)/C=C/c2ccc(OC)c(F)c2)cc1OC. The molecule has 0 spiro atoms. The molecule has 0 atom stereocenters. The summed E-state index contributed by atoms with van der Waals surface area (Å²) in [7, 11) is 2.83. The fourth-order valence-electron chi connectivity index (χ4n) is 2.27. The lowest BCUT2D eigenvalue weighted by Gasteiger charge is -2.11. The molecule has 2 N–H and O–H groups in total. The molecular weight excluding hydrogens is 367 g/mol. The average molecular weight is 388 g/mol. The van der Waals surface area contributed by atoms with Crippen LogP contribution in [-0.4, -0.2) is 32.6 Å². The van der Waals surface area contributed by atoms with E-state index in [1.54, 1.807) is 18.2 Å². The molecule has 0 aliphatic carbocycles. The van der Waals surface area contributed by atoms with E-state index < -0.39 is 17.6 Å². The van der Waals surface area contributed by atoms with Gasteiger partial charge in [-0.2, -0.15) is 0 Å². The van der Waals surface area contributed by atoms with Gasteiger partial charge in [0.2, 0.25) is 0 Å². The number of nitrogens with one attached hydrogen (secondary N) is 2. The number of benzene rings is 2. The molecule has 7 nitrogen and oxygen atoms in total. The number of ether oxygens (including phenoxy) is 3. The summed E-state index contributed by atoms with van der Waals surface area (Å²) in [4.78, 5) is 24.0. The van der Waals surface area contributed by atoms with Crippen molar-refractivity contribution in [2.24, 2.45) is 0 Å². The number of carbonyl (C=O) groups is 2. The number of hydrogen-bond acceptors (Lipinski definition) is 5. The first kappa shape index (κ1) is 20.8. The van der Waals surface area contributed by atoms with Crippen LogP contribution in [-0.2, 0) is 4.79 Å². The van der Waals surface area contributed by atoms with Gasteiger partial charge in [-0.15, -0.1) is 0 Å². The predicted octanol–water partition coefficient (Wildman–Crippen LogP) is 2.72. The summed E-state index contributed by atoms with van der Waals surface area (Å²) < 4.78 is 29.0. The summed E-state index contributed by atoms with van der Waals surface area (Å²) in [5.41, 5.74) is 5.29. The van der Waals surface area contributed by atoms with E-state index in [0.29, 0.717) is 23.7 Å². The first-order valence-electron chi connectivity index (χ1n) is 8.41. The molecule has 2 aromatic rings. The third-order valence-corrected chi connectivity index (χ3v) is 3.63. The average Bonchev–Trinajstić information content (AvgIpc) is 2.71. The highest BCUT2D eigenvalue weighted by Crippen LogP contribution is 2.27. The van der Waals surface area contributed by atoms with Crippen molar-refractivity contribution >= 4 is 17.9 Å². The molecule has 8 heteroatoms. The molecular formula is C20H21FN2O5. The van der Waals surface area contributed by atoms with Crippen LogP contribution in [0, 0.1) is 5.82 Å². The summed E-state index contributed by atoms with van der Waals surface area (Å²) in [5.74, 6) is -0.619. The molecule has 0 heterocycles. The Morgan fingerprint density at radius 3 is 2.36 bits per heavy atom. The van der Waals surface area contributed by atoms with Gasteiger partial charge in [-0.3, -0.25) is 20.4 Å². The minimum Gasteiger partial charge on any atom is -0.494 e. The molecule has 0 aliphatic heterocycles. The van der Waals surface area contributed by atoms with Gasteiger partial charge in [0.05, 0.1) is 20.8 Å². The van der Waals surface area contributed by atoms with Gasteiger partial charge < -0.3 is 14.2 Å². The molecule has 0 bridgehead atoms. The summed E-state index contributed by atoms with van der Waals surface area (Å²) in [5, 5.41) is 0. The summed E-state index contributed by atoms with van der Waals surface area (Å²) in [6.45, 7) is 2.30. The van der Waals surface area contributed by atoms with E-state index in [4.69, 9.17) is 14.2 Å². The molecule has 2 amide bonds. The van der Waals surface area contributed by atoms with Crippen LogP contribution in [0.2, 0.25) is 0 Å². The molecule has 0 saturated carbocycles. The number of carbonyl (C=O) groups excluding carboxylic acids is 2. The minimum atomic E-state index is -0.581. The van der Waals surface area contributed by atoms with Gasteiger partial charge in [-0.25, -0.2) is 4.39 Å². The number of amides is 2. The maximum atomic E-state index is 13.6. The van der Waals surface area contributed by atoms with Crippen LogP contribution in [0.15, 0.2) is 42.5 Å². The maximum absolute atomic E-state index is 13.6. The molecule has 0 fully saturated rings. The van der Waals surface area contributed by atoms with E-state index in [0.717, 1.165) is 0 Å². The molecule has 0 unspecified atom stereocenters. The van der Waals surface area contributed by atoms with Crippen molar-refractivity contribution in [2.75, 3.05) is 20.8 Å². The molecule has 0 aromatic heterocycles. The van der Waals surface area contributed by atoms with Crippen LogP contribution in [0.3, 0.4) is 0 Å². The van der Waals surface area contributed by atoms with Crippen molar-refractivity contribution in [3.05, 3.63) is 59.4 Å². The third-order valence-electron chi connectivity index (χ3n) is 3.63. The number of methoxy groups -OCH3 is 2. The van der Waals surface area contributed by atoms with Gasteiger partial charge in [0.15, 0.2) is 23.1 Å². The Morgan fingerprint density at radius 2 is 1.71 bits per heavy atom. The summed E-state index contributed by atoms with van der Waals surface area (Å²) in [6, 6.07) is 8.93. The van der Waals surface area contributed by atoms with Gasteiger partial charge in [-0.1, -0.05) is 6.07 Å². The van der Waals surface area contributed by atoms with Crippen LogP contribution < -0.4 is 25.1 Å². The molecule has 28 heavy (non-hydrogen) atoms. The number of hydrazine groups is 1. The molecule has 2 aromatic carbocycles. The standard InChI is InChI=1S/C20H21FN2O5/c1-4-28-17-9-7-14(12-18(17)27-3)20(25)23-22-19(24)10-6-13-5-8-16(26-2)15(21)11-13/h5-12H,4H2,1-3H3,(H,22,24)(H,23,25)/b10-6+. The second kappa shape index (κ2) is 9.96. The fourth-order valence-corrected chi connectivity index (χ4v) is 2.27. The van der Waals surface area contributed by atoms with Crippen LogP contribution in [0.5, 0.6) is 17.2 Å². The minimum absolute atomic E-state index is 0.111. The quantitative estimate of drug-likeness (QED) is 0.563. The lowest BCUT2D eigenvalue weighted by atomic mass is 10.2. The van der Waals surface area contributed by atoms with Crippen molar-refractivity contribution in [3.63, 3.8) is 0 Å². The van der Waals surface area contributed by atoms with Gasteiger partial charge in [0, 0.05) is 11.6 Å². The smallest absolute Gasteiger partial charge is 0.269 e. The zero-order valence-corrected chi connectivity index (χ0v) is 15.7. The van der Waals surface area contributed by atoms with E-state index in [-0.39, 0.29) is 11.3 Å². The van der Waals surface area contributed by atoms with E-state index in [1.807, 2.05) is 6.92 Å². The fraction of sp³-hybridized carbons (Fsp3) is 0.200.